The minimum Gasteiger partial charge on any atom is -0.497 e. The minimum atomic E-state index is 0.150. The maximum absolute atomic E-state index is 9.54. The van der Waals surface area contributed by atoms with Crippen molar-refractivity contribution in [2.45, 2.75) is 38.5 Å². The van der Waals surface area contributed by atoms with E-state index in [-0.39, 0.29) is 12.5 Å². The van der Waals surface area contributed by atoms with E-state index >= 15 is 0 Å². The van der Waals surface area contributed by atoms with Crippen LogP contribution in [0.3, 0.4) is 0 Å². The Morgan fingerprint density at radius 2 is 1.94 bits per heavy atom. The highest BCUT2D eigenvalue weighted by Crippen LogP contribution is 2.33. The summed E-state index contributed by atoms with van der Waals surface area (Å²) in [7, 11) is 3.29. The summed E-state index contributed by atoms with van der Waals surface area (Å²) in [5, 5.41) is 9.54. The molecule has 102 valence electrons. The zero-order chi connectivity index (χ0) is 13.4. The Bertz CT molecular complexity index is 350. The van der Waals surface area contributed by atoms with Gasteiger partial charge in [0.2, 0.25) is 0 Å². The fourth-order valence-corrected chi connectivity index (χ4v) is 2.14. The maximum atomic E-state index is 9.54. The number of ether oxygens (including phenoxy) is 2. The lowest BCUT2D eigenvalue weighted by Crippen LogP contribution is -2.06. The van der Waals surface area contributed by atoms with Crippen LogP contribution >= 0.6 is 0 Å². The molecule has 0 aliphatic heterocycles. The fourth-order valence-electron chi connectivity index (χ4n) is 2.14. The van der Waals surface area contributed by atoms with Gasteiger partial charge in [0.1, 0.15) is 11.5 Å². The van der Waals surface area contributed by atoms with Crippen LogP contribution in [-0.2, 0) is 0 Å². The summed E-state index contributed by atoms with van der Waals surface area (Å²) in [6.45, 7) is 2.34. The summed E-state index contributed by atoms with van der Waals surface area (Å²) in [4.78, 5) is 0. The standard InChI is InChI=1S/C15H24O3/c1-4-5-6-7-12(11-16)14-9-8-13(17-2)10-15(14)18-3/h8-10,12,16H,4-7,11H2,1-3H3. The van der Waals surface area contributed by atoms with Crippen molar-refractivity contribution in [1.29, 1.82) is 0 Å². The number of rotatable bonds is 8. The molecule has 0 amide bonds. The number of benzene rings is 1. The van der Waals surface area contributed by atoms with E-state index in [9.17, 15) is 5.11 Å². The Morgan fingerprint density at radius 3 is 2.50 bits per heavy atom. The molecule has 1 atom stereocenters. The first-order valence-electron chi connectivity index (χ1n) is 6.59. The van der Waals surface area contributed by atoms with E-state index < -0.39 is 0 Å². The van der Waals surface area contributed by atoms with Gasteiger partial charge in [0, 0.05) is 12.0 Å². The molecule has 0 saturated heterocycles. The van der Waals surface area contributed by atoms with Gasteiger partial charge in [0.05, 0.1) is 20.8 Å². The predicted octanol–water partition coefficient (Wildman–Crippen LogP) is 3.36. The molecule has 0 aromatic heterocycles. The molecular formula is C15H24O3. The van der Waals surface area contributed by atoms with Crippen LogP contribution in [0, 0.1) is 0 Å². The third-order valence-corrected chi connectivity index (χ3v) is 3.26. The van der Waals surface area contributed by atoms with Crippen LogP contribution in [-0.4, -0.2) is 25.9 Å². The highest BCUT2D eigenvalue weighted by atomic mass is 16.5. The summed E-state index contributed by atoms with van der Waals surface area (Å²) < 4.78 is 10.6. The molecular weight excluding hydrogens is 228 g/mol. The molecule has 1 unspecified atom stereocenters. The lowest BCUT2D eigenvalue weighted by atomic mass is 9.93. The minimum absolute atomic E-state index is 0.150. The zero-order valence-corrected chi connectivity index (χ0v) is 11.6. The summed E-state index contributed by atoms with van der Waals surface area (Å²) in [5.41, 5.74) is 1.07. The second-order valence-corrected chi connectivity index (χ2v) is 4.48. The van der Waals surface area contributed by atoms with Crippen LogP contribution in [0.5, 0.6) is 11.5 Å². The predicted molar refractivity (Wildman–Crippen MR) is 73.5 cm³/mol. The number of unbranched alkanes of at least 4 members (excludes halogenated alkanes) is 2. The first kappa shape index (κ1) is 14.8. The van der Waals surface area contributed by atoms with Crippen molar-refractivity contribution in [2.75, 3.05) is 20.8 Å². The van der Waals surface area contributed by atoms with E-state index in [0.717, 1.165) is 29.9 Å². The number of aliphatic hydroxyl groups excluding tert-OH is 1. The smallest absolute Gasteiger partial charge is 0.126 e. The summed E-state index contributed by atoms with van der Waals surface area (Å²) >= 11 is 0. The van der Waals surface area contributed by atoms with Crippen LogP contribution in [0.15, 0.2) is 18.2 Å². The molecule has 18 heavy (non-hydrogen) atoms. The van der Waals surface area contributed by atoms with Gasteiger partial charge in [-0.3, -0.25) is 0 Å². The Morgan fingerprint density at radius 1 is 1.17 bits per heavy atom. The lowest BCUT2D eigenvalue weighted by Gasteiger charge is -2.18. The second-order valence-electron chi connectivity index (χ2n) is 4.48. The highest BCUT2D eigenvalue weighted by molar-refractivity contribution is 5.42. The molecule has 3 nitrogen and oxygen atoms in total. The first-order chi connectivity index (χ1) is 8.76. The number of hydrogen-bond acceptors (Lipinski definition) is 3. The van der Waals surface area contributed by atoms with Crippen molar-refractivity contribution in [3.05, 3.63) is 23.8 Å². The fraction of sp³-hybridized carbons (Fsp3) is 0.600. The molecule has 0 bridgehead atoms. The Kier molecular flexibility index (Phi) is 6.58. The second kappa shape index (κ2) is 7.98. The van der Waals surface area contributed by atoms with Gasteiger partial charge in [-0.25, -0.2) is 0 Å². The van der Waals surface area contributed by atoms with Crippen molar-refractivity contribution in [3.63, 3.8) is 0 Å². The molecule has 0 spiro atoms. The summed E-state index contributed by atoms with van der Waals surface area (Å²) in [5.74, 6) is 1.73. The molecule has 0 aliphatic carbocycles. The van der Waals surface area contributed by atoms with E-state index in [0.29, 0.717) is 0 Å². The van der Waals surface area contributed by atoms with Crippen LogP contribution in [0.4, 0.5) is 0 Å². The van der Waals surface area contributed by atoms with E-state index in [1.165, 1.54) is 12.8 Å². The largest absolute Gasteiger partial charge is 0.497 e. The van der Waals surface area contributed by atoms with E-state index in [1.807, 2.05) is 18.2 Å². The van der Waals surface area contributed by atoms with Gasteiger partial charge in [0.15, 0.2) is 0 Å². The molecule has 0 fully saturated rings. The molecule has 1 aromatic carbocycles. The highest BCUT2D eigenvalue weighted by Gasteiger charge is 2.15. The number of hydrogen-bond donors (Lipinski definition) is 1. The van der Waals surface area contributed by atoms with Crippen molar-refractivity contribution in [1.82, 2.24) is 0 Å². The SMILES string of the molecule is CCCCCC(CO)c1ccc(OC)cc1OC. The van der Waals surface area contributed by atoms with Gasteiger partial charge in [-0.2, -0.15) is 0 Å². The molecule has 0 heterocycles. The molecule has 1 N–H and O–H groups in total. The average molecular weight is 252 g/mol. The summed E-state index contributed by atoms with van der Waals surface area (Å²) in [6.07, 6.45) is 4.52. The monoisotopic (exact) mass is 252 g/mol. The third kappa shape index (κ3) is 3.91. The average Bonchev–Trinajstić information content (AvgIpc) is 2.43. The molecule has 1 aromatic rings. The van der Waals surface area contributed by atoms with E-state index in [2.05, 4.69) is 6.92 Å². The van der Waals surface area contributed by atoms with Gasteiger partial charge in [-0.15, -0.1) is 0 Å². The molecule has 1 rings (SSSR count). The van der Waals surface area contributed by atoms with Gasteiger partial charge in [-0.05, 0) is 18.1 Å². The number of methoxy groups -OCH3 is 2. The van der Waals surface area contributed by atoms with Gasteiger partial charge in [-0.1, -0.05) is 32.3 Å². The molecule has 0 saturated carbocycles. The van der Waals surface area contributed by atoms with Crippen molar-refractivity contribution >= 4 is 0 Å². The third-order valence-electron chi connectivity index (χ3n) is 3.26. The maximum Gasteiger partial charge on any atom is 0.126 e. The van der Waals surface area contributed by atoms with Gasteiger partial charge >= 0.3 is 0 Å². The Labute approximate surface area is 110 Å². The van der Waals surface area contributed by atoms with E-state index in [4.69, 9.17) is 9.47 Å². The van der Waals surface area contributed by atoms with E-state index in [1.54, 1.807) is 14.2 Å². The van der Waals surface area contributed by atoms with Crippen molar-refractivity contribution < 1.29 is 14.6 Å². The van der Waals surface area contributed by atoms with Crippen LogP contribution in [0.2, 0.25) is 0 Å². The van der Waals surface area contributed by atoms with Crippen LogP contribution < -0.4 is 9.47 Å². The topological polar surface area (TPSA) is 38.7 Å². The molecule has 0 aliphatic rings. The Hall–Kier alpha value is -1.22. The zero-order valence-electron chi connectivity index (χ0n) is 11.6. The number of aliphatic hydroxyl groups is 1. The first-order valence-corrected chi connectivity index (χ1v) is 6.59. The quantitative estimate of drug-likeness (QED) is 0.721. The normalized spacial score (nSPS) is 12.2. The molecule has 0 radical (unpaired) electrons. The van der Waals surface area contributed by atoms with Gasteiger partial charge in [0.25, 0.3) is 0 Å². The van der Waals surface area contributed by atoms with Gasteiger partial charge < -0.3 is 14.6 Å². The van der Waals surface area contributed by atoms with Crippen LogP contribution in [0.25, 0.3) is 0 Å². The Balaban J connectivity index is 2.83. The lowest BCUT2D eigenvalue weighted by molar-refractivity contribution is 0.253. The van der Waals surface area contributed by atoms with Crippen molar-refractivity contribution in [3.8, 4) is 11.5 Å². The molecule has 3 heteroatoms. The van der Waals surface area contributed by atoms with Crippen LogP contribution in [0.1, 0.15) is 44.1 Å². The summed E-state index contributed by atoms with van der Waals surface area (Å²) in [6, 6.07) is 5.78. The van der Waals surface area contributed by atoms with Crippen molar-refractivity contribution in [2.24, 2.45) is 0 Å².